The molecule has 0 aliphatic rings. The van der Waals surface area contributed by atoms with Gasteiger partial charge in [0.1, 0.15) is 0 Å². The van der Waals surface area contributed by atoms with Crippen molar-refractivity contribution in [1.29, 1.82) is 0 Å². The van der Waals surface area contributed by atoms with Gasteiger partial charge in [-0.1, -0.05) is 6.99 Å². The molecular weight excluding hydrogens is 712 g/mol. The number of rotatable bonds is 10. The number of hydrogen-bond donors (Lipinski definition) is 0. The molecule has 0 spiro atoms. The fourth-order valence-corrected chi connectivity index (χ4v) is 278. The topological polar surface area (TPSA) is 0 Å². The molecule has 16 atom stereocenters. The molecule has 0 bridgehead atoms. The van der Waals surface area contributed by atoms with E-state index >= 15 is 0 Å². The molecular formula is H23P23-2. The van der Waals surface area contributed by atoms with E-state index < -0.39 is 0 Å². The predicted molar refractivity (Wildman–Crippen MR) is 191 cm³/mol. The van der Waals surface area contributed by atoms with Gasteiger partial charge in [-0.15, -0.1) is 89.3 Å². The van der Waals surface area contributed by atoms with Gasteiger partial charge in [-0.2, -0.15) is 0 Å². The van der Waals surface area contributed by atoms with Crippen LogP contribution in [0.1, 0.15) is 0 Å². The third-order valence-electron chi connectivity index (χ3n) is 1.81. The first-order chi connectivity index (χ1) is 10.5. The summed E-state index contributed by atoms with van der Waals surface area (Å²) in [7, 11) is 40.8. The molecule has 0 fully saturated rings. The van der Waals surface area contributed by atoms with Gasteiger partial charge in [0.25, 0.3) is 0 Å². The van der Waals surface area contributed by atoms with Gasteiger partial charge in [-0.25, -0.2) is 6.99 Å². The van der Waals surface area contributed by atoms with Crippen molar-refractivity contribution >= 4 is 185 Å². The highest BCUT2D eigenvalue weighted by atomic mass is 33.4. The molecule has 0 saturated carbocycles. The smallest absolute Gasteiger partial charge is 0.00331 e. The van der Waals surface area contributed by atoms with E-state index in [-0.39, 0.29) is 69.9 Å². The molecule has 16 unspecified atom stereocenters. The molecule has 23 heavy (non-hydrogen) atoms. The Morgan fingerprint density at radius 1 is 0.522 bits per heavy atom. The maximum atomic E-state index is 4.11. The monoisotopic (exact) mass is 736 g/mol. The summed E-state index contributed by atoms with van der Waals surface area (Å²) in [5.74, 6) is 0. The van der Waals surface area contributed by atoms with Crippen LogP contribution in [0.5, 0.6) is 0 Å². The summed E-state index contributed by atoms with van der Waals surface area (Å²) >= 11 is 0. The lowest BCUT2D eigenvalue weighted by Gasteiger charge is -2.50. The molecule has 0 N–H and O–H groups in total. The summed E-state index contributed by atoms with van der Waals surface area (Å²) in [6, 6.07) is 0. The SMILES string of the molecule is [PH-]PP(P)P(P(P)P)P(P(P([PH-])P)P(P)P)P(P(P)P)P(P)P. The molecule has 140 valence electrons. The average Bonchev–Trinajstić information content (AvgIpc) is 2.36. The Kier molecular flexibility index (Phi) is 26.0. The van der Waals surface area contributed by atoms with Crippen molar-refractivity contribution in [2.24, 2.45) is 0 Å². The third kappa shape index (κ3) is 12.4. The minimum Gasteiger partial charge on any atom is -0.524 e. The van der Waals surface area contributed by atoms with Crippen molar-refractivity contribution in [1.82, 2.24) is 0 Å². The van der Waals surface area contributed by atoms with Crippen LogP contribution in [0.2, 0.25) is 0 Å². The first-order valence-electron chi connectivity index (χ1n) is 5.08. The molecule has 0 aromatic heterocycles. The average molecular weight is 736 g/mol. The summed E-state index contributed by atoms with van der Waals surface area (Å²) in [5, 5.41) is 0. The first-order valence-corrected chi connectivity index (χ1v) is 45.7. The van der Waals surface area contributed by atoms with Gasteiger partial charge in [0.2, 0.25) is 0 Å². The van der Waals surface area contributed by atoms with Gasteiger partial charge < -0.3 is 17.9 Å². The Labute approximate surface area is 183 Å². The zero-order valence-electron chi connectivity index (χ0n) is 11.7. The standard InChI is InChI=1S/H23P23/c1-13-19(12)22(18(10)11)23(20(14(2)3)15(4)5)21(16(6)7)17(8)9/h1-2,13H,3-12H2/q-2. The summed E-state index contributed by atoms with van der Waals surface area (Å²) in [4.78, 5) is 0. The van der Waals surface area contributed by atoms with Crippen molar-refractivity contribution in [3.05, 3.63) is 0 Å². The van der Waals surface area contributed by atoms with Crippen molar-refractivity contribution in [2.45, 2.75) is 0 Å². The van der Waals surface area contributed by atoms with Gasteiger partial charge >= 0.3 is 0 Å². The van der Waals surface area contributed by atoms with Crippen LogP contribution in [-0.4, -0.2) is 0 Å². The summed E-state index contributed by atoms with van der Waals surface area (Å²) < 4.78 is 0. The van der Waals surface area contributed by atoms with Crippen LogP contribution in [-0.2, 0) is 0 Å². The number of hydrogen-bond acceptors (Lipinski definition) is 0. The minimum atomic E-state index is -0.112. The first kappa shape index (κ1) is 32.9. The van der Waals surface area contributed by atoms with E-state index in [1.807, 2.05) is 0 Å². The van der Waals surface area contributed by atoms with Crippen LogP contribution in [0.4, 0.5) is 0 Å². The Morgan fingerprint density at radius 3 is 1.09 bits per heavy atom. The van der Waals surface area contributed by atoms with Gasteiger partial charge in [0.15, 0.2) is 0 Å². The normalized spacial score (nSPS) is 20.2. The van der Waals surface area contributed by atoms with E-state index in [1.165, 1.54) is 0 Å². The van der Waals surface area contributed by atoms with Gasteiger partial charge in [0.05, 0.1) is 0 Å². The highest BCUT2D eigenvalue weighted by molar-refractivity contribution is 9.39. The van der Waals surface area contributed by atoms with Crippen LogP contribution < -0.4 is 0 Å². The molecule has 0 aliphatic carbocycles. The van der Waals surface area contributed by atoms with Crippen LogP contribution >= 0.6 is 185 Å². The lowest BCUT2D eigenvalue weighted by molar-refractivity contribution is 4.47. The van der Waals surface area contributed by atoms with E-state index in [0.717, 1.165) is 7.96 Å². The second-order valence-electron chi connectivity index (χ2n) is 3.39. The fourth-order valence-electron chi connectivity index (χ4n) is 1.14. The molecule has 0 amide bonds. The van der Waals surface area contributed by atoms with Crippen LogP contribution in [0.25, 0.3) is 0 Å². The zero-order valence-corrected chi connectivity index (χ0v) is 35.2. The third-order valence-corrected chi connectivity index (χ3v) is 146. The Bertz CT molecular complexity index is 261. The molecule has 0 aromatic rings. The van der Waals surface area contributed by atoms with E-state index in [4.69, 9.17) is 0 Å². The summed E-state index contributed by atoms with van der Waals surface area (Å²) in [6.45, 7) is 0.180. The molecule has 0 saturated heterocycles. The van der Waals surface area contributed by atoms with Crippen molar-refractivity contribution < 1.29 is 0 Å². The van der Waals surface area contributed by atoms with Gasteiger partial charge in [-0.05, 0) is 55.9 Å². The Balaban J connectivity index is 6.12. The van der Waals surface area contributed by atoms with Crippen LogP contribution in [0.15, 0.2) is 0 Å². The maximum absolute atomic E-state index is 4.11. The minimum absolute atomic E-state index is 0.0137. The van der Waals surface area contributed by atoms with Crippen LogP contribution in [0, 0.1) is 0 Å². The van der Waals surface area contributed by atoms with Crippen molar-refractivity contribution in [3.63, 3.8) is 0 Å². The van der Waals surface area contributed by atoms with E-state index in [2.05, 4.69) is 107 Å². The van der Waals surface area contributed by atoms with Crippen molar-refractivity contribution in [2.75, 3.05) is 0 Å². The highest BCUT2D eigenvalue weighted by Crippen LogP contribution is 3.33. The van der Waals surface area contributed by atoms with Crippen LogP contribution in [0.3, 0.4) is 0 Å². The van der Waals surface area contributed by atoms with Gasteiger partial charge in [0, 0.05) is 0 Å². The van der Waals surface area contributed by atoms with E-state index in [1.54, 1.807) is 0 Å². The molecule has 0 aromatic carbocycles. The van der Waals surface area contributed by atoms with Gasteiger partial charge in [-0.3, -0.25) is 7.96 Å². The molecule has 0 aliphatic heterocycles. The fraction of sp³-hybridized carbons (Fsp3) is 0. The highest BCUT2D eigenvalue weighted by Gasteiger charge is 2.42. The summed E-state index contributed by atoms with van der Waals surface area (Å²) in [6.07, 6.45) is 0. The lowest BCUT2D eigenvalue weighted by atomic mass is 28.5. The molecule has 0 rings (SSSR count). The molecule has 0 radical (unpaired) electrons. The Hall–Kier alpha value is 9.89. The predicted octanol–water partition coefficient (Wildman–Crippen LogP) is 13.7. The Morgan fingerprint density at radius 2 is 0.870 bits per heavy atom. The molecule has 23 heteroatoms. The van der Waals surface area contributed by atoms with Crippen molar-refractivity contribution in [3.8, 4) is 0 Å². The maximum Gasteiger partial charge on any atom is -0.00331 e. The largest absolute Gasteiger partial charge is 0.524 e. The zero-order chi connectivity index (χ0) is 18.5. The second-order valence-corrected chi connectivity index (χ2v) is 91.6. The lowest BCUT2D eigenvalue weighted by Crippen LogP contribution is -1.59. The quantitative estimate of drug-likeness (QED) is 0.196. The molecule has 0 heterocycles. The van der Waals surface area contributed by atoms with E-state index in [0.29, 0.717) is 0 Å². The summed E-state index contributed by atoms with van der Waals surface area (Å²) in [5.41, 5.74) is 0. The molecule has 0 nitrogen and oxygen atoms in total. The van der Waals surface area contributed by atoms with E-state index in [9.17, 15) is 0 Å². The second kappa shape index (κ2) is 18.2.